The molecule has 264 valence electrons. The van der Waals surface area contributed by atoms with Gasteiger partial charge in [0.25, 0.3) is 11.5 Å². The molecule has 0 atom stereocenters. The zero-order valence-corrected chi connectivity index (χ0v) is 27.6. The number of aryl methyl sites for hydroxylation is 1. The van der Waals surface area contributed by atoms with E-state index in [-0.39, 0.29) is 71.9 Å². The molecule has 13 nitrogen and oxygen atoms in total. The Morgan fingerprint density at radius 3 is 2.56 bits per heavy atom. The number of aromatic nitrogens is 5. The van der Waals surface area contributed by atoms with Gasteiger partial charge in [0.1, 0.15) is 18.0 Å². The second-order valence-corrected chi connectivity index (χ2v) is 12.1. The minimum absolute atomic E-state index is 0.00142. The van der Waals surface area contributed by atoms with E-state index in [9.17, 15) is 37.1 Å². The minimum Gasteiger partial charge on any atom is -0.504 e. The first-order chi connectivity index (χ1) is 23.8. The molecule has 5 heterocycles. The number of pyridine rings is 1. The van der Waals surface area contributed by atoms with E-state index in [2.05, 4.69) is 20.4 Å². The summed E-state index contributed by atoms with van der Waals surface area (Å²) < 4.78 is 62.2. The Balaban J connectivity index is 1.36. The summed E-state index contributed by atoms with van der Waals surface area (Å²) in [5.74, 6) is -2.89. The van der Waals surface area contributed by atoms with Crippen molar-refractivity contribution in [1.82, 2.24) is 29.0 Å². The quantitative estimate of drug-likeness (QED) is 0.270. The van der Waals surface area contributed by atoms with Crippen LogP contribution in [0.4, 0.5) is 28.9 Å². The van der Waals surface area contributed by atoms with Crippen LogP contribution < -0.4 is 15.8 Å². The van der Waals surface area contributed by atoms with Crippen LogP contribution in [0, 0.1) is 12.7 Å². The first kappa shape index (κ1) is 34.8. The number of fused-ring (bicyclic) bond motifs is 1. The summed E-state index contributed by atoms with van der Waals surface area (Å²) in [5, 5.41) is 17.3. The van der Waals surface area contributed by atoms with Gasteiger partial charge in [-0.25, -0.2) is 9.37 Å². The summed E-state index contributed by atoms with van der Waals surface area (Å²) in [5.41, 5.74) is -0.917. The summed E-state index contributed by atoms with van der Waals surface area (Å²) >= 11 is 5.97. The lowest BCUT2D eigenvalue weighted by atomic mass is 10.1. The number of nitrogens with one attached hydrogen (secondary N) is 1. The van der Waals surface area contributed by atoms with Crippen molar-refractivity contribution >= 4 is 46.1 Å². The van der Waals surface area contributed by atoms with E-state index in [0.717, 1.165) is 10.1 Å². The molecule has 2 N–H and O–H groups in total. The van der Waals surface area contributed by atoms with E-state index in [4.69, 9.17) is 16.3 Å². The molecule has 0 radical (unpaired) electrons. The summed E-state index contributed by atoms with van der Waals surface area (Å²) in [6.45, 7) is 4.11. The van der Waals surface area contributed by atoms with Crippen molar-refractivity contribution in [3.8, 4) is 5.75 Å². The lowest BCUT2D eigenvalue weighted by Gasteiger charge is -2.36. The van der Waals surface area contributed by atoms with Gasteiger partial charge in [0, 0.05) is 38.1 Å². The number of rotatable bonds is 7. The van der Waals surface area contributed by atoms with Gasteiger partial charge in [-0.05, 0) is 49.1 Å². The number of carbonyl (C=O) groups is 2. The summed E-state index contributed by atoms with van der Waals surface area (Å²) in [6, 6.07) is 2.60. The van der Waals surface area contributed by atoms with E-state index < -0.39 is 47.2 Å². The van der Waals surface area contributed by atoms with E-state index in [1.54, 1.807) is 17.9 Å². The van der Waals surface area contributed by atoms with Gasteiger partial charge < -0.3 is 29.5 Å². The van der Waals surface area contributed by atoms with E-state index in [1.807, 2.05) is 0 Å². The first-order valence-electron chi connectivity index (χ1n) is 15.6. The van der Waals surface area contributed by atoms with Gasteiger partial charge in [-0.2, -0.15) is 22.7 Å². The molecule has 0 aliphatic carbocycles. The number of aromatic hydroxyl groups is 1. The number of halogens is 5. The van der Waals surface area contributed by atoms with Crippen molar-refractivity contribution in [1.29, 1.82) is 0 Å². The number of amides is 2. The van der Waals surface area contributed by atoms with Crippen LogP contribution in [0.2, 0.25) is 5.02 Å². The zero-order chi connectivity index (χ0) is 35.9. The number of carbonyl (C=O) groups excluding carboxylic acids is 2. The Bertz CT molecular complexity index is 2090. The van der Waals surface area contributed by atoms with Crippen LogP contribution in [0.3, 0.4) is 0 Å². The van der Waals surface area contributed by atoms with Gasteiger partial charge in [-0.15, -0.1) is 5.10 Å². The monoisotopic (exact) mass is 718 g/mol. The third-order valence-corrected chi connectivity index (χ3v) is 8.87. The molecule has 1 saturated heterocycles. The molecule has 3 aromatic heterocycles. The largest absolute Gasteiger partial charge is 0.504 e. The molecule has 0 bridgehead atoms. The highest BCUT2D eigenvalue weighted by molar-refractivity contribution is 6.32. The topological polar surface area (TPSA) is 147 Å². The molecule has 2 aliphatic rings. The van der Waals surface area contributed by atoms with Crippen LogP contribution in [-0.4, -0.2) is 85.4 Å². The second-order valence-electron chi connectivity index (χ2n) is 11.7. The molecule has 2 amide bonds. The van der Waals surface area contributed by atoms with E-state index >= 15 is 0 Å². The summed E-state index contributed by atoms with van der Waals surface area (Å²) in [4.78, 5) is 52.6. The highest BCUT2D eigenvalue weighted by Gasteiger charge is 2.35. The molecule has 4 aromatic rings. The Labute approximate surface area is 286 Å². The molecule has 2 aliphatic heterocycles. The Hall–Kier alpha value is -5.03. The van der Waals surface area contributed by atoms with Gasteiger partial charge in [0.15, 0.2) is 17.3 Å². The van der Waals surface area contributed by atoms with Crippen molar-refractivity contribution in [2.75, 3.05) is 49.6 Å². The van der Waals surface area contributed by atoms with Crippen LogP contribution in [0.5, 0.6) is 5.75 Å². The lowest BCUT2D eigenvalue weighted by Crippen LogP contribution is -2.51. The zero-order valence-electron chi connectivity index (χ0n) is 26.9. The van der Waals surface area contributed by atoms with Crippen molar-refractivity contribution in [3.05, 3.63) is 80.0 Å². The second kappa shape index (κ2) is 13.7. The highest BCUT2D eigenvalue weighted by Crippen LogP contribution is 2.34. The van der Waals surface area contributed by atoms with Crippen LogP contribution in [0.1, 0.15) is 46.5 Å². The van der Waals surface area contributed by atoms with Gasteiger partial charge in [0.05, 0.1) is 29.5 Å². The van der Waals surface area contributed by atoms with Gasteiger partial charge in [-0.1, -0.05) is 24.6 Å². The Morgan fingerprint density at radius 2 is 1.90 bits per heavy atom. The number of nitrogens with zero attached hydrogens (tertiary/aromatic N) is 7. The predicted molar refractivity (Wildman–Crippen MR) is 174 cm³/mol. The molecular formula is C32H31ClF4N8O5. The molecule has 0 saturated carbocycles. The summed E-state index contributed by atoms with van der Waals surface area (Å²) in [7, 11) is 0. The third kappa shape index (κ3) is 6.61. The maximum absolute atomic E-state index is 14.4. The van der Waals surface area contributed by atoms with E-state index in [0.29, 0.717) is 37.5 Å². The van der Waals surface area contributed by atoms with E-state index in [1.165, 1.54) is 28.7 Å². The molecular weight excluding hydrogens is 688 g/mol. The molecule has 1 aromatic carbocycles. The van der Waals surface area contributed by atoms with Crippen LogP contribution in [0.15, 0.2) is 35.3 Å². The molecule has 1 fully saturated rings. The average Bonchev–Trinajstić information content (AvgIpc) is 3.54. The molecule has 50 heavy (non-hydrogen) atoms. The predicted octanol–water partition coefficient (Wildman–Crippen LogP) is 4.08. The van der Waals surface area contributed by atoms with Crippen molar-refractivity contribution < 1.29 is 37.0 Å². The number of piperazine rings is 1. The number of hydrogen-bond donors (Lipinski definition) is 2. The van der Waals surface area contributed by atoms with Crippen LogP contribution in [0.25, 0.3) is 11.4 Å². The highest BCUT2D eigenvalue weighted by atomic mass is 35.5. The number of hydrogen-bond acceptors (Lipinski definition) is 9. The standard InChI is InChI=1S/C32H31ClF4N8O5/c1-3-23-26(42-8-10-43(11-9-42)29(48)25-27(47)20(33)4-7-38-25)30(49)45-31(40-28(41-45)18-5-12-50-13-6-18)44(23)16-24(46)39-22-15-21(34)19(14-17(22)2)32(35,36)37/h4-5,7,14-15,47H,3,6,8-13,16H2,1-2H3,(H,39,46). The number of alkyl halides is 3. The lowest BCUT2D eigenvalue weighted by molar-refractivity contribution is -0.140. The van der Waals surface area contributed by atoms with Crippen molar-refractivity contribution in [2.45, 2.75) is 39.4 Å². The number of ether oxygens (including phenoxy) is 1. The fourth-order valence-corrected chi connectivity index (χ4v) is 6.18. The SMILES string of the molecule is CCc1c(N2CCN(C(=O)c3nccc(Cl)c3O)CC2)c(=O)n2nc(C3=CCOCC3)nc2n1CC(=O)Nc1cc(F)c(C(F)(F)F)cc1C. The molecule has 0 spiro atoms. The smallest absolute Gasteiger partial charge is 0.419 e. The number of anilines is 2. The van der Waals surface area contributed by atoms with Crippen LogP contribution in [-0.2, 0) is 28.7 Å². The van der Waals surface area contributed by atoms with Gasteiger partial charge in [0.2, 0.25) is 11.7 Å². The summed E-state index contributed by atoms with van der Waals surface area (Å²) in [6.07, 6.45) is -1.06. The fraction of sp³-hybridized carbons (Fsp3) is 0.375. The van der Waals surface area contributed by atoms with Crippen molar-refractivity contribution in [2.24, 2.45) is 0 Å². The Kier molecular flexibility index (Phi) is 9.54. The van der Waals surface area contributed by atoms with Crippen molar-refractivity contribution in [3.63, 3.8) is 0 Å². The molecule has 0 unspecified atom stereocenters. The Morgan fingerprint density at radius 1 is 1.16 bits per heavy atom. The maximum Gasteiger partial charge on any atom is 0.419 e. The first-order valence-corrected chi connectivity index (χ1v) is 16.0. The average molecular weight is 719 g/mol. The molecule has 6 rings (SSSR count). The van der Waals surface area contributed by atoms with Crippen LogP contribution >= 0.6 is 11.6 Å². The van der Waals surface area contributed by atoms with Gasteiger partial charge in [-0.3, -0.25) is 14.4 Å². The maximum atomic E-state index is 14.4. The molecule has 18 heteroatoms. The fourth-order valence-electron chi connectivity index (χ4n) is 6.03. The van der Waals surface area contributed by atoms with Gasteiger partial charge >= 0.3 is 6.18 Å². The number of benzene rings is 1. The normalized spacial score (nSPS) is 15.4. The minimum atomic E-state index is -4.91. The third-order valence-electron chi connectivity index (χ3n) is 8.57.